The lowest BCUT2D eigenvalue weighted by Gasteiger charge is -2.23. The summed E-state index contributed by atoms with van der Waals surface area (Å²) in [4.78, 5) is 38.0. The minimum atomic E-state index is -0.659. The number of hydrogen-bond acceptors (Lipinski definition) is 6. The van der Waals surface area contributed by atoms with E-state index in [9.17, 15) is 14.4 Å². The Balaban J connectivity index is 1.63. The Morgan fingerprint density at radius 3 is 2.68 bits per heavy atom. The smallest absolute Gasteiger partial charge is 0.347 e. The molecule has 0 saturated heterocycles. The van der Waals surface area contributed by atoms with Crippen molar-refractivity contribution in [3.05, 3.63) is 71.2 Å². The predicted octanol–water partition coefficient (Wildman–Crippen LogP) is 4.10. The Hall–Kier alpha value is -4.33. The molecule has 2 aliphatic rings. The molecule has 0 saturated carbocycles. The van der Waals surface area contributed by atoms with Crippen molar-refractivity contribution in [2.45, 2.75) is 26.2 Å². The zero-order valence-electron chi connectivity index (χ0n) is 20.9. The number of ether oxygens (including phenoxy) is 3. The van der Waals surface area contributed by atoms with Gasteiger partial charge in [0.1, 0.15) is 5.75 Å². The molecule has 1 atom stereocenters. The summed E-state index contributed by atoms with van der Waals surface area (Å²) < 4.78 is 20.1. The SMILES string of the molecule is COc1ccn2c3c(c(C4=C(c5cn(C)c6ccccc56)C(=O)OC4=O)c2c1)CC(COC(C)=O)CC3. The summed E-state index contributed by atoms with van der Waals surface area (Å²) in [6.07, 6.45) is 6.00. The summed E-state index contributed by atoms with van der Waals surface area (Å²) in [5.74, 6) is -0.884. The normalized spacial score (nSPS) is 17.4. The van der Waals surface area contributed by atoms with Crippen molar-refractivity contribution < 1.29 is 28.6 Å². The molecule has 1 aromatic carbocycles. The van der Waals surface area contributed by atoms with E-state index in [1.807, 2.05) is 60.4 Å². The lowest BCUT2D eigenvalue weighted by molar-refractivity contribution is -0.149. The second kappa shape index (κ2) is 8.65. The van der Waals surface area contributed by atoms with E-state index in [0.717, 1.165) is 40.5 Å². The quantitative estimate of drug-likeness (QED) is 0.304. The van der Waals surface area contributed by atoms with E-state index in [-0.39, 0.29) is 23.0 Å². The number of aromatic nitrogens is 2. The summed E-state index contributed by atoms with van der Waals surface area (Å²) in [5, 5.41) is 0.867. The number of aryl methyl sites for hydroxylation is 2. The van der Waals surface area contributed by atoms with Gasteiger partial charge in [-0.1, -0.05) is 18.2 Å². The zero-order chi connectivity index (χ0) is 25.8. The molecule has 188 valence electrons. The average Bonchev–Trinajstić information content (AvgIpc) is 3.49. The molecule has 37 heavy (non-hydrogen) atoms. The zero-order valence-corrected chi connectivity index (χ0v) is 20.9. The fourth-order valence-electron chi connectivity index (χ4n) is 5.76. The number of methoxy groups -OCH3 is 1. The number of carbonyl (C=O) groups excluding carboxylic acids is 3. The first kappa shape index (κ1) is 23.1. The largest absolute Gasteiger partial charge is 0.497 e. The summed E-state index contributed by atoms with van der Waals surface area (Å²) >= 11 is 0. The van der Waals surface area contributed by atoms with Crippen LogP contribution < -0.4 is 4.74 Å². The van der Waals surface area contributed by atoms with Crippen LogP contribution in [-0.2, 0) is 43.7 Å². The van der Waals surface area contributed by atoms with Gasteiger partial charge >= 0.3 is 17.9 Å². The van der Waals surface area contributed by atoms with Crippen LogP contribution in [0.2, 0.25) is 0 Å². The maximum atomic E-state index is 13.4. The molecule has 0 fully saturated rings. The van der Waals surface area contributed by atoms with E-state index in [2.05, 4.69) is 4.40 Å². The number of nitrogens with zero attached hydrogens (tertiary/aromatic N) is 2. The molecule has 4 heterocycles. The molecule has 1 aliphatic carbocycles. The van der Waals surface area contributed by atoms with Crippen LogP contribution in [0.3, 0.4) is 0 Å². The van der Waals surface area contributed by atoms with Crippen LogP contribution in [0.25, 0.3) is 27.6 Å². The monoisotopic (exact) mass is 498 g/mol. The van der Waals surface area contributed by atoms with Gasteiger partial charge in [0.2, 0.25) is 0 Å². The molecule has 4 aromatic rings. The van der Waals surface area contributed by atoms with Crippen molar-refractivity contribution in [1.82, 2.24) is 8.97 Å². The third-order valence-corrected chi connectivity index (χ3v) is 7.42. The van der Waals surface area contributed by atoms with Crippen molar-refractivity contribution in [3.63, 3.8) is 0 Å². The van der Waals surface area contributed by atoms with Crippen LogP contribution in [0.4, 0.5) is 0 Å². The number of rotatable bonds is 5. The minimum Gasteiger partial charge on any atom is -0.497 e. The van der Waals surface area contributed by atoms with Crippen molar-refractivity contribution in [2.75, 3.05) is 13.7 Å². The molecular weight excluding hydrogens is 472 g/mol. The number of cyclic esters (lactones) is 2. The van der Waals surface area contributed by atoms with Gasteiger partial charge in [0.05, 0.1) is 30.4 Å². The maximum absolute atomic E-state index is 13.4. The van der Waals surface area contributed by atoms with Gasteiger partial charge in [-0.25, -0.2) is 9.59 Å². The molecule has 0 spiro atoms. The Labute approximate surface area is 213 Å². The van der Waals surface area contributed by atoms with Crippen LogP contribution in [-0.4, -0.2) is 40.6 Å². The summed E-state index contributed by atoms with van der Waals surface area (Å²) in [6.45, 7) is 1.71. The van der Waals surface area contributed by atoms with Gasteiger partial charge in [0.15, 0.2) is 0 Å². The Morgan fingerprint density at radius 2 is 1.89 bits per heavy atom. The second-order valence-corrected chi connectivity index (χ2v) is 9.63. The van der Waals surface area contributed by atoms with Gasteiger partial charge in [0.25, 0.3) is 0 Å². The van der Waals surface area contributed by atoms with Crippen LogP contribution in [0, 0.1) is 5.92 Å². The van der Waals surface area contributed by atoms with Crippen LogP contribution in [0.5, 0.6) is 5.75 Å². The summed E-state index contributed by atoms with van der Waals surface area (Å²) in [7, 11) is 3.51. The van der Waals surface area contributed by atoms with E-state index >= 15 is 0 Å². The highest BCUT2D eigenvalue weighted by atomic mass is 16.6. The molecule has 6 rings (SSSR count). The van der Waals surface area contributed by atoms with Gasteiger partial charge in [-0.3, -0.25) is 4.79 Å². The number of benzene rings is 1. The Bertz CT molecular complexity index is 1650. The van der Waals surface area contributed by atoms with Crippen molar-refractivity contribution in [2.24, 2.45) is 13.0 Å². The minimum absolute atomic E-state index is 0.101. The van der Waals surface area contributed by atoms with Crippen LogP contribution >= 0.6 is 0 Å². The molecule has 1 aliphatic heterocycles. The number of esters is 3. The lowest BCUT2D eigenvalue weighted by atomic mass is 9.83. The Kier molecular flexibility index (Phi) is 5.40. The first-order valence-corrected chi connectivity index (χ1v) is 12.3. The van der Waals surface area contributed by atoms with E-state index in [1.54, 1.807) is 7.11 Å². The van der Waals surface area contributed by atoms with Crippen molar-refractivity contribution >= 4 is 45.5 Å². The molecule has 8 nitrogen and oxygen atoms in total. The van der Waals surface area contributed by atoms with Gasteiger partial charge in [-0.05, 0) is 42.9 Å². The first-order valence-electron chi connectivity index (χ1n) is 12.3. The highest BCUT2D eigenvalue weighted by Crippen LogP contribution is 2.44. The Morgan fingerprint density at radius 1 is 1.11 bits per heavy atom. The molecule has 3 aromatic heterocycles. The second-order valence-electron chi connectivity index (χ2n) is 9.63. The summed E-state index contributed by atoms with van der Waals surface area (Å²) in [5.41, 5.74) is 5.64. The molecule has 0 amide bonds. The fraction of sp³-hybridized carbons (Fsp3) is 0.276. The molecule has 8 heteroatoms. The van der Waals surface area contributed by atoms with Crippen LogP contribution in [0.1, 0.15) is 35.7 Å². The van der Waals surface area contributed by atoms with Gasteiger partial charge in [-0.15, -0.1) is 0 Å². The van der Waals surface area contributed by atoms with E-state index in [0.29, 0.717) is 29.9 Å². The third-order valence-electron chi connectivity index (χ3n) is 7.42. The van der Waals surface area contributed by atoms with E-state index < -0.39 is 11.9 Å². The molecule has 0 radical (unpaired) electrons. The fourth-order valence-corrected chi connectivity index (χ4v) is 5.76. The van der Waals surface area contributed by atoms with Gasteiger partial charge in [-0.2, -0.15) is 0 Å². The lowest BCUT2D eigenvalue weighted by Crippen LogP contribution is -2.21. The van der Waals surface area contributed by atoms with Gasteiger partial charge in [0, 0.05) is 60.2 Å². The topological polar surface area (TPSA) is 88.2 Å². The molecular formula is C29H26N2O6. The molecule has 0 bridgehead atoms. The highest BCUT2D eigenvalue weighted by Gasteiger charge is 2.40. The number of para-hydroxylation sites is 1. The van der Waals surface area contributed by atoms with E-state index in [4.69, 9.17) is 14.2 Å². The van der Waals surface area contributed by atoms with Gasteiger partial charge < -0.3 is 23.2 Å². The predicted molar refractivity (Wildman–Crippen MR) is 137 cm³/mol. The third kappa shape index (κ3) is 3.63. The highest BCUT2D eigenvalue weighted by molar-refractivity contribution is 6.46. The number of carbonyl (C=O) groups is 3. The molecule has 1 unspecified atom stereocenters. The number of fused-ring (bicyclic) bond motifs is 4. The van der Waals surface area contributed by atoms with Crippen molar-refractivity contribution in [3.8, 4) is 5.75 Å². The van der Waals surface area contributed by atoms with Crippen molar-refractivity contribution in [1.29, 1.82) is 0 Å². The summed E-state index contributed by atoms with van der Waals surface area (Å²) in [6, 6.07) is 11.5. The maximum Gasteiger partial charge on any atom is 0.347 e. The standard InChI is InChI=1S/C29H26N2O6/c1-16(32)36-15-17-8-9-23-20(12-17)25(24-13-18(35-3)10-11-31(23)24)27-26(28(33)37-29(27)34)21-14-30(2)22-7-5-4-6-19(21)22/h4-7,10-11,13-14,17H,8-9,12,15H2,1-3H3. The van der Waals surface area contributed by atoms with Crippen LogP contribution in [0.15, 0.2) is 48.8 Å². The average molecular weight is 499 g/mol. The van der Waals surface area contributed by atoms with E-state index in [1.165, 1.54) is 6.92 Å². The molecule has 0 N–H and O–H groups in total. The number of pyridine rings is 1. The first-order chi connectivity index (χ1) is 17.9. The number of hydrogen-bond donors (Lipinski definition) is 0.